The van der Waals surface area contributed by atoms with Crippen LogP contribution in [0.15, 0.2) is 72.9 Å². The van der Waals surface area contributed by atoms with Gasteiger partial charge in [-0.05, 0) is 23.6 Å². The number of hydrogen-bond donors (Lipinski definition) is 1. The third-order valence-corrected chi connectivity index (χ3v) is 1.82. The van der Waals surface area contributed by atoms with Gasteiger partial charge in [0.25, 0.3) is 0 Å². The van der Waals surface area contributed by atoms with E-state index in [1.54, 1.807) is 12.2 Å². The van der Waals surface area contributed by atoms with Crippen molar-refractivity contribution in [2.24, 2.45) is 0 Å². The van der Waals surface area contributed by atoms with Gasteiger partial charge in [-0.15, -0.1) is 0 Å². The maximum absolute atomic E-state index is 8.76. The van der Waals surface area contributed by atoms with Crippen LogP contribution in [0.4, 0.5) is 0 Å². The Morgan fingerprint density at radius 3 is 2.33 bits per heavy atom. The van der Waals surface area contributed by atoms with E-state index in [0.717, 1.165) is 11.1 Å². The second-order valence-electron chi connectivity index (χ2n) is 3.01. The quantitative estimate of drug-likeness (QED) is 0.655. The van der Waals surface area contributed by atoms with Crippen LogP contribution < -0.4 is 0 Å². The second kappa shape index (κ2) is 7.77. The Balaban J connectivity index is 4.55. The monoisotopic (exact) mass is 202 g/mol. The maximum Gasteiger partial charge on any atom is 0.0676 e. The molecule has 0 saturated carbocycles. The van der Waals surface area contributed by atoms with Gasteiger partial charge in [0.1, 0.15) is 0 Å². The largest absolute Gasteiger partial charge is 0.392 e. The van der Waals surface area contributed by atoms with Crippen LogP contribution in [0.2, 0.25) is 0 Å². The zero-order chi connectivity index (χ0) is 11.7. The van der Waals surface area contributed by atoms with Gasteiger partial charge in [0.15, 0.2) is 0 Å². The number of aliphatic hydroxyl groups excluding tert-OH is 1. The molecule has 0 unspecified atom stereocenters. The number of aliphatic hydroxyl groups is 1. The summed E-state index contributed by atoms with van der Waals surface area (Å²) < 4.78 is 0. The molecule has 1 nitrogen and oxygen atoms in total. The summed E-state index contributed by atoms with van der Waals surface area (Å²) in [5.41, 5.74) is 2.57. The highest BCUT2D eigenvalue weighted by atomic mass is 16.3. The topological polar surface area (TPSA) is 20.2 Å². The van der Waals surface area contributed by atoms with E-state index in [1.165, 1.54) is 0 Å². The van der Waals surface area contributed by atoms with Crippen LogP contribution in [-0.4, -0.2) is 11.7 Å². The molecule has 15 heavy (non-hydrogen) atoms. The molecular formula is C14H18O. The molecule has 1 heteroatoms. The minimum absolute atomic E-state index is 0.0303. The fourth-order valence-corrected chi connectivity index (χ4v) is 0.928. The molecule has 80 valence electrons. The third kappa shape index (κ3) is 5.66. The van der Waals surface area contributed by atoms with E-state index in [-0.39, 0.29) is 6.61 Å². The maximum atomic E-state index is 8.76. The molecule has 0 aliphatic carbocycles. The van der Waals surface area contributed by atoms with Crippen molar-refractivity contribution in [2.75, 3.05) is 6.61 Å². The SMILES string of the molecule is C=C/C=C\C(=C/C)C(=C)/C=C\C(=C)CO. The smallest absolute Gasteiger partial charge is 0.0676 e. The number of rotatable bonds is 6. The van der Waals surface area contributed by atoms with Crippen molar-refractivity contribution in [1.29, 1.82) is 0 Å². The van der Waals surface area contributed by atoms with E-state index < -0.39 is 0 Å². The van der Waals surface area contributed by atoms with E-state index >= 15 is 0 Å². The first-order chi connectivity index (χ1) is 7.15. The van der Waals surface area contributed by atoms with E-state index in [4.69, 9.17) is 5.11 Å². The Hall–Kier alpha value is -1.60. The Morgan fingerprint density at radius 1 is 1.20 bits per heavy atom. The van der Waals surface area contributed by atoms with Crippen LogP contribution in [0.1, 0.15) is 6.92 Å². The molecule has 0 heterocycles. The summed E-state index contributed by atoms with van der Waals surface area (Å²) in [6.07, 6.45) is 11.1. The van der Waals surface area contributed by atoms with Crippen molar-refractivity contribution in [3.05, 3.63) is 72.9 Å². The Bertz CT molecular complexity index is 327. The molecule has 0 saturated heterocycles. The molecule has 0 bridgehead atoms. The minimum Gasteiger partial charge on any atom is -0.392 e. The molecule has 1 N–H and O–H groups in total. The molecule has 0 aromatic heterocycles. The van der Waals surface area contributed by atoms with E-state index in [1.807, 2.05) is 31.2 Å². The van der Waals surface area contributed by atoms with Gasteiger partial charge in [0, 0.05) is 0 Å². The number of allylic oxidation sites excluding steroid dienone is 7. The van der Waals surface area contributed by atoms with Crippen molar-refractivity contribution in [1.82, 2.24) is 0 Å². The van der Waals surface area contributed by atoms with Gasteiger partial charge in [0.05, 0.1) is 6.61 Å². The second-order valence-corrected chi connectivity index (χ2v) is 3.01. The molecular weight excluding hydrogens is 184 g/mol. The predicted molar refractivity (Wildman–Crippen MR) is 67.6 cm³/mol. The fourth-order valence-electron chi connectivity index (χ4n) is 0.928. The van der Waals surface area contributed by atoms with Crippen LogP contribution in [0.5, 0.6) is 0 Å². The molecule has 0 rings (SSSR count). The highest BCUT2D eigenvalue weighted by Crippen LogP contribution is 2.11. The first-order valence-electron chi connectivity index (χ1n) is 4.77. The summed E-state index contributed by atoms with van der Waals surface area (Å²) in [5, 5.41) is 8.76. The van der Waals surface area contributed by atoms with Crippen LogP contribution in [-0.2, 0) is 0 Å². The first kappa shape index (κ1) is 13.4. The molecule has 0 aromatic carbocycles. The zero-order valence-electron chi connectivity index (χ0n) is 9.24. The Morgan fingerprint density at radius 2 is 1.87 bits per heavy atom. The van der Waals surface area contributed by atoms with Crippen LogP contribution in [0.25, 0.3) is 0 Å². The first-order valence-corrected chi connectivity index (χ1v) is 4.77. The van der Waals surface area contributed by atoms with Crippen molar-refractivity contribution < 1.29 is 5.11 Å². The van der Waals surface area contributed by atoms with E-state index in [0.29, 0.717) is 5.57 Å². The standard InChI is InChI=1S/C14H18O/c1-5-7-8-14(6-2)13(4)10-9-12(3)11-15/h5-10,15H,1,3-4,11H2,2H3/b8-7-,10-9-,14-6+. The zero-order valence-corrected chi connectivity index (χ0v) is 9.24. The van der Waals surface area contributed by atoms with Gasteiger partial charge >= 0.3 is 0 Å². The Kier molecular flexibility index (Phi) is 6.94. The fraction of sp³-hybridized carbons (Fsp3) is 0.143. The number of hydrogen-bond acceptors (Lipinski definition) is 1. The van der Waals surface area contributed by atoms with Crippen LogP contribution in [0, 0.1) is 0 Å². The summed E-state index contributed by atoms with van der Waals surface area (Å²) in [4.78, 5) is 0. The highest BCUT2D eigenvalue weighted by Gasteiger charge is 1.93. The third-order valence-electron chi connectivity index (χ3n) is 1.82. The lowest BCUT2D eigenvalue weighted by molar-refractivity contribution is 0.335. The molecule has 0 fully saturated rings. The average Bonchev–Trinajstić information content (AvgIpc) is 2.26. The van der Waals surface area contributed by atoms with Gasteiger partial charge in [0.2, 0.25) is 0 Å². The summed E-state index contributed by atoms with van der Waals surface area (Å²) in [7, 11) is 0. The normalized spacial score (nSPS) is 12.3. The van der Waals surface area contributed by atoms with Crippen LogP contribution >= 0.6 is 0 Å². The molecule has 0 radical (unpaired) electrons. The minimum atomic E-state index is -0.0303. The Labute approximate surface area is 92.1 Å². The summed E-state index contributed by atoms with van der Waals surface area (Å²) >= 11 is 0. The van der Waals surface area contributed by atoms with Crippen LogP contribution in [0.3, 0.4) is 0 Å². The van der Waals surface area contributed by atoms with Gasteiger partial charge in [-0.2, -0.15) is 0 Å². The van der Waals surface area contributed by atoms with Crippen molar-refractivity contribution >= 4 is 0 Å². The highest BCUT2D eigenvalue weighted by molar-refractivity contribution is 5.46. The van der Waals surface area contributed by atoms with Crippen molar-refractivity contribution in [2.45, 2.75) is 6.92 Å². The predicted octanol–water partition coefficient (Wildman–Crippen LogP) is 3.34. The molecule has 0 spiro atoms. The molecule has 0 atom stereocenters. The molecule has 0 amide bonds. The van der Waals surface area contributed by atoms with Crippen molar-refractivity contribution in [3.8, 4) is 0 Å². The van der Waals surface area contributed by atoms with Gasteiger partial charge in [-0.25, -0.2) is 0 Å². The lowest BCUT2D eigenvalue weighted by atomic mass is 10.1. The summed E-state index contributed by atoms with van der Waals surface area (Å²) in [6.45, 7) is 13.1. The summed E-state index contributed by atoms with van der Waals surface area (Å²) in [5.74, 6) is 0. The van der Waals surface area contributed by atoms with E-state index in [9.17, 15) is 0 Å². The van der Waals surface area contributed by atoms with Gasteiger partial charge in [-0.3, -0.25) is 0 Å². The van der Waals surface area contributed by atoms with E-state index in [2.05, 4.69) is 19.7 Å². The van der Waals surface area contributed by atoms with Crippen molar-refractivity contribution in [3.63, 3.8) is 0 Å². The lowest BCUT2D eigenvalue weighted by Gasteiger charge is -2.00. The van der Waals surface area contributed by atoms with Gasteiger partial charge in [-0.1, -0.05) is 56.2 Å². The molecule has 0 aromatic rings. The molecule has 0 aliphatic rings. The van der Waals surface area contributed by atoms with Gasteiger partial charge < -0.3 is 5.11 Å². The molecule has 0 aliphatic heterocycles. The lowest BCUT2D eigenvalue weighted by Crippen LogP contribution is -1.84. The average molecular weight is 202 g/mol. The summed E-state index contributed by atoms with van der Waals surface area (Å²) in [6, 6.07) is 0.